The van der Waals surface area contributed by atoms with Gasteiger partial charge in [0.15, 0.2) is 23.0 Å². The van der Waals surface area contributed by atoms with Gasteiger partial charge in [0.1, 0.15) is 23.3 Å². The normalized spacial score (nSPS) is 17.9. The smallest absolute Gasteiger partial charge is 0.262 e. The molecule has 2 atom stereocenters. The second kappa shape index (κ2) is 11.4. The summed E-state index contributed by atoms with van der Waals surface area (Å²) in [5.74, 6) is -2.60. The molecule has 2 aromatic rings. The molecule has 3 rings (SSSR count). The van der Waals surface area contributed by atoms with Crippen LogP contribution >= 0.6 is 0 Å². The number of rotatable bonds is 6. The molecule has 0 unspecified atom stereocenters. The van der Waals surface area contributed by atoms with Crippen molar-refractivity contribution in [2.45, 2.75) is 37.8 Å². The minimum atomic E-state index is -0.605. The summed E-state index contributed by atoms with van der Waals surface area (Å²) in [6, 6.07) is 10.9. The molecule has 2 amide bonds. The van der Waals surface area contributed by atoms with Crippen LogP contribution in [0.5, 0.6) is 23.0 Å². The van der Waals surface area contributed by atoms with Gasteiger partial charge in [0, 0.05) is 12.1 Å². The molecule has 0 saturated heterocycles. The summed E-state index contributed by atoms with van der Waals surface area (Å²) in [6.45, 7) is 0. The lowest BCUT2D eigenvalue weighted by molar-refractivity contribution is -0.118. The zero-order valence-corrected chi connectivity index (χ0v) is 19.1. The van der Waals surface area contributed by atoms with E-state index < -0.39 is 11.8 Å². The highest BCUT2D eigenvalue weighted by atomic mass is 16.3. The Hall–Kier alpha value is -4.96. The molecular weight excluding hydrogens is 464 g/mol. The van der Waals surface area contributed by atoms with Gasteiger partial charge in [0.2, 0.25) is 0 Å². The summed E-state index contributed by atoms with van der Waals surface area (Å²) < 4.78 is 0. The number of carbonyl (C=O) groups excluding carboxylic acids is 2. The molecule has 10 nitrogen and oxygen atoms in total. The van der Waals surface area contributed by atoms with Crippen LogP contribution in [0.1, 0.15) is 36.8 Å². The summed E-state index contributed by atoms with van der Waals surface area (Å²) in [6.07, 6.45) is 4.97. The largest absolute Gasteiger partial charge is 0.504 e. The standard InChI is InChI=1S/C26H24N4O6/c27-13-17(8-15-4-6-21(31)23(33)10-15)25(35)29-19-2-1-3-20(12-19)30-26(36)18(14-28)9-16-5-7-22(32)24(34)11-16/h4-11,19-20,31-34H,1-3,12H2,(H,29,35)(H,30,36)/b17-8+,18-9+/t19-,20-/m1/s1. The monoisotopic (exact) mass is 488 g/mol. The Bertz CT molecular complexity index is 1220. The molecule has 1 aliphatic carbocycles. The highest BCUT2D eigenvalue weighted by molar-refractivity contribution is 6.02. The van der Waals surface area contributed by atoms with Gasteiger partial charge in [-0.05, 0) is 73.2 Å². The molecule has 1 saturated carbocycles. The summed E-state index contributed by atoms with van der Waals surface area (Å²) in [5.41, 5.74) is 0.364. The SMILES string of the molecule is N#C/C(=C\c1ccc(O)c(O)c1)C(=O)N[C@@H]1CCC[C@@H](NC(=O)/C(C#N)=C/c2ccc(O)c(O)c2)C1. The van der Waals surface area contributed by atoms with Crippen molar-refractivity contribution in [1.82, 2.24) is 10.6 Å². The van der Waals surface area contributed by atoms with E-state index in [1.54, 1.807) is 0 Å². The zero-order chi connectivity index (χ0) is 26.2. The minimum Gasteiger partial charge on any atom is -0.504 e. The molecule has 10 heteroatoms. The first kappa shape index (κ1) is 25.7. The summed E-state index contributed by atoms with van der Waals surface area (Å²) in [4.78, 5) is 25.3. The van der Waals surface area contributed by atoms with Crippen LogP contribution in [0, 0.1) is 22.7 Å². The van der Waals surface area contributed by atoms with E-state index in [1.165, 1.54) is 48.6 Å². The molecule has 184 valence electrons. The predicted octanol–water partition coefficient (Wildman–Crippen LogP) is 2.57. The van der Waals surface area contributed by atoms with Gasteiger partial charge in [-0.2, -0.15) is 10.5 Å². The van der Waals surface area contributed by atoms with Crippen LogP contribution in [-0.4, -0.2) is 44.3 Å². The molecule has 1 aliphatic rings. The van der Waals surface area contributed by atoms with Crippen molar-refractivity contribution in [3.8, 4) is 35.1 Å². The molecule has 1 fully saturated rings. The maximum Gasteiger partial charge on any atom is 0.262 e. The number of phenolic OH excluding ortho intramolecular Hbond substituents is 4. The third kappa shape index (κ3) is 6.55. The first-order valence-electron chi connectivity index (χ1n) is 11.1. The van der Waals surface area contributed by atoms with Gasteiger partial charge in [-0.3, -0.25) is 9.59 Å². The van der Waals surface area contributed by atoms with E-state index in [0.717, 1.165) is 0 Å². The Morgan fingerprint density at radius 1 is 0.750 bits per heavy atom. The third-order valence-corrected chi connectivity index (χ3v) is 5.70. The Morgan fingerprint density at radius 2 is 1.17 bits per heavy atom. The van der Waals surface area contributed by atoms with Gasteiger partial charge in [-0.25, -0.2) is 0 Å². The summed E-state index contributed by atoms with van der Waals surface area (Å²) in [5, 5.41) is 62.4. The maximum absolute atomic E-state index is 12.6. The van der Waals surface area contributed by atoms with E-state index in [9.17, 15) is 40.5 Å². The van der Waals surface area contributed by atoms with Crippen molar-refractivity contribution in [3.05, 3.63) is 58.7 Å². The topological polar surface area (TPSA) is 187 Å². The molecule has 0 spiro atoms. The quantitative estimate of drug-likeness (QED) is 0.203. The first-order chi connectivity index (χ1) is 17.2. The van der Waals surface area contributed by atoms with E-state index in [0.29, 0.717) is 36.8 Å². The number of nitrogens with one attached hydrogen (secondary N) is 2. The Labute approximate surface area is 207 Å². The third-order valence-electron chi connectivity index (χ3n) is 5.70. The fourth-order valence-corrected chi connectivity index (χ4v) is 3.87. The van der Waals surface area contributed by atoms with Gasteiger partial charge in [0.05, 0.1) is 0 Å². The summed E-state index contributed by atoms with van der Waals surface area (Å²) >= 11 is 0. The second-order valence-electron chi connectivity index (χ2n) is 8.34. The van der Waals surface area contributed by atoms with Crippen molar-refractivity contribution >= 4 is 24.0 Å². The van der Waals surface area contributed by atoms with Gasteiger partial charge in [-0.1, -0.05) is 12.1 Å². The van der Waals surface area contributed by atoms with E-state index in [4.69, 9.17) is 0 Å². The van der Waals surface area contributed by atoms with Gasteiger partial charge in [0.25, 0.3) is 11.8 Å². The fourth-order valence-electron chi connectivity index (χ4n) is 3.87. The number of nitrogens with zero attached hydrogens (tertiary/aromatic N) is 2. The lowest BCUT2D eigenvalue weighted by Crippen LogP contribution is -2.46. The molecule has 0 aromatic heterocycles. The van der Waals surface area contributed by atoms with Crippen molar-refractivity contribution in [3.63, 3.8) is 0 Å². The van der Waals surface area contributed by atoms with Gasteiger partial charge in [-0.15, -0.1) is 0 Å². The molecule has 0 radical (unpaired) electrons. The van der Waals surface area contributed by atoms with Crippen LogP contribution in [0.25, 0.3) is 12.2 Å². The van der Waals surface area contributed by atoms with Crippen LogP contribution in [-0.2, 0) is 9.59 Å². The Morgan fingerprint density at radius 3 is 1.53 bits per heavy atom. The Balaban J connectivity index is 1.63. The van der Waals surface area contributed by atoms with Crippen LogP contribution in [0.15, 0.2) is 47.5 Å². The first-order valence-corrected chi connectivity index (χ1v) is 11.1. The molecule has 36 heavy (non-hydrogen) atoms. The van der Waals surface area contributed by atoms with Crippen LogP contribution in [0.3, 0.4) is 0 Å². The van der Waals surface area contributed by atoms with E-state index >= 15 is 0 Å². The number of benzene rings is 2. The van der Waals surface area contributed by atoms with E-state index in [-0.39, 0.29) is 46.2 Å². The van der Waals surface area contributed by atoms with Crippen molar-refractivity contribution < 1.29 is 30.0 Å². The highest BCUT2D eigenvalue weighted by Gasteiger charge is 2.26. The maximum atomic E-state index is 12.6. The number of hydrogen-bond acceptors (Lipinski definition) is 8. The van der Waals surface area contributed by atoms with Crippen molar-refractivity contribution in [1.29, 1.82) is 10.5 Å². The number of carbonyl (C=O) groups is 2. The molecule has 0 heterocycles. The average Bonchev–Trinajstić information content (AvgIpc) is 2.85. The van der Waals surface area contributed by atoms with Crippen LogP contribution in [0.2, 0.25) is 0 Å². The predicted molar refractivity (Wildman–Crippen MR) is 129 cm³/mol. The minimum absolute atomic E-state index is 0.182. The van der Waals surface area contributed by atoms with Gasteiger partial charge < -0.3 is 31.1 Å². The lowest BCUT2D eigenvalue weighted by Gasteiger charge is -2.30. The van der Waals surface area contributed by atoms with Crippen LogP contribution in [0.4, 0.5) is 0 Å². The number of aromatic hydroxyl groups is 4. The zero-order valence-electron chi connectivity index (χ0n) is 19.1. The highest BCUT2D eigenvalue weighted by Crippen LogP contribution is 2.27. The average molecular weight is 489 g/mol. The van der Waals surface area contributed by atoms with E-state index in [2.05, 4.69) is 10.6 Å². The number of nitriles is 2. The number of amides is 2. The summed E-state index contributed by atoms with van der Waals surface area (Å²) in [7, 11) is 0. The molecular formula is C26H24N4O6. The lowest BCUT2D eigenvalue weighted by atomic mass is 9.90. The van der Waals surface area contributed by atoms with Crippen molar-refractivity contribution in [2.24, 2.45) is 0 Å². The van der Waals surface area contributed by atoms with Gasteiger partial charge >= 0.3 is 0 Å². The second-order valence-corrected chi connectivity index (χ2v) is 8.34. The fraction of sp³-hybridized carbons (Fsp3) is 0.231. The molecule has 2 aromatic carbocycles. The van der Waals surface area contributed by atoms with E-state index in [1.807, 2.05) is 12.1 Å². The number of phenols is 4. The molecule has 6 N–H and O–H groups in total. The molecule has 0 aliphatic heterocycles. The van der Waals surface area contributed by atoms with Crippen LogP contribution < -0.4 is 10.6 Å². The Kier molecular flexibility index (Phi) is 8.16. The van der Waals surface area contributed by atoms with Crippen molar-refractivity contribution in [2.75, 3.05) is 0 Å². The molecule has 0 bridgehead atoms. The number of hydrogen-bond donors (Lipinski definition) is 6.